The number of halogens is 5. The van der Waals surface area contributed by atoms with Crippen molar-refractivity contribution in [2.45, 2.75) is 6.18 Å². The summed E-state index contributed by atoms with van der Waals surface area (Å²) >= 11 is 11.6. The molecule has 0 aliphatic carbocycles. The molecule has 0 bridgehead atoms. The minimum absolute atomic E-state index is 0.0775. The molecule has 4 aromatic rings. The first-order chi connectivity index (χ1) is 16.6. The number of pyridine rings is 1. The summed E-state index contributed by atoms with van der Waals surface area (Å²) in [5.41, 5.74) is 0.599. The molecule has 35 heavy (non-hydrogen) atoms. The normalized spacial score (nSPS) is 11.2. The van der Waals surface area contributed by atoms with Crippen LogP contribution < -0.4 is 16.0 Å². The molecule has 0 spiro atoms. The summed E-state index contributed by atoms with van der Waals surface area (Å²) < 4.78 is 39.0. The molecule has 3 aromatic carbocycles. The number of rotatable bonds is 4. The highest BCUT2D eigenvalue weighted by molar-refractivity contribution is 6.31. The zero-order chi connectivity index (χ0) is 25.2. The average molecular weight is 519 g/mol. The van der Waals surface area contributed by atoms with E-state index in [0.717, 1.165) is 12.1 Å². The first-order valence-corrected chi connectivity index (χ1v) is 10.8. The number of nitrogens with zero attached hydrogens (tertiary/aromatic N) is 1. The molecular weight excluding hydrogens is 504 g/mol. The summed E-state index contributed by atoms with van der Waals surface area (Å²) in [4.78, 5) is 29.2. The summed E-state index contributed by atoms with van der Waals surface area (Å²) in [7, 11) is 0. The third-order valence-corrected chi connectivity index (χ3v) is 5.38. The first kappa shape index (κ1) is 24.3. The van der Waals surface area contributed by atoms with Crippen LogP contribution in [0.1, 0.15) is 15.9 Å². The van der Waals surface area contributed by atoms with Gasteiger partial charge in [-0.15, -0.1) is 0 Å². The van der Waals surface area contributed by atoms with Crippen molar-refractivity contribution < 1.29 is 22.8 Å². The molecule has 0 fully saturated rings. The van der Waals surface area contributed by atoms with Gasteiger partial charge in [0.2, 0.25) is 0 Å². The molecule has 4 rings (SSSR count). The van der Waals surface area contributed by atoms with Crippen molar-refractivity contribution >= 4 is 63.1 Å². The lowest BCUT2D eigenvalue weighted by Crippen LogP contribution is -2.20. The largest absolute Gasteiger partial charge is 0.417 e. The highest BCUT2D eigenvalue weighted by Gasteiger charge is 2.33. The van der Waals surface area contributed by atoms with Crippen LogP contribution in [0, 0.1) is 0 Å². The maximum Gasteiger partial charge on any atom is 0.417 e. The number of alkyl halides is 3. The van der Waals surface area contributed by atoms with Crippen molar-refractivity contribution in [3.63, 3.8) is 0 Å². The van der Waals surface area contributed by atoms with Crippen molar-refractivity contribution in [3.8, 4) is 0 Å². The van der Waals surface area contributed by atoms with Crippen molar-refractivity contribution in [3.05, 3.63) is 94.1 Å². The van der Waals surface area contributed by atoms with Gasteiger partial charge in [0.05, 0.1) is 21.7 Å². The molecule has 0 saturated carbocycles. The van der Waals surface area contributed by atoms with Gasteiger partial charge < -0.3 is 16.0 Å². The van der Waals surface area contributed by atoms with Gasteiger partial charge in [-0.25, -0.2) is 9.78 Å². The van der Waals surface area contributed by atoms with Crippen LogP contribution in [0.15, 0.2) is 72.8 Å². The van der Waals surface area contributed by atoms with Crippen LogP contribution in [0.25, 0.3) is 10.9 Å². The molecular formula is C24H15Cl2F3N4O2. The Hall–Kier alpha value is -3.82. The van der Waals surface area contributed by atoms with Crippen LogP contribution >= 0.6 is 23.2 Å². The fraction of sp³-hybridized carbons (Fsp3) is 0.0417. The van der Waals surface area contributed by atoms with Crippen LogP contribution in [0.5, 0.6) is 0 Å². The van der Waals surface area contributed by atoms with Gasteiger partial charge in [-0.05, 0) is 54.6 Å². The fourth-order valence-corrected chi connectivity index (χ4v) is 3.70. The van der Waals surface area contributed by atoms with Gasteiger partial charge in [0.15, 0.2) is 0 Å². The van der Waals surface area contributed by atoms with E-state index in [1.165, 1.54) is 24.3 Å². The predicted molar refractivity (Wildman–Crippen MR) is 130 cm³/mol. The Morgan fingerprint density at radius 3 is 2.06 bits per heavy atom. The van der Waals surface area contributed by atoms with Gasteiger partial charge in [-0.2, -0.15) is 13.2 Å². The third-order valence-electron chi connectivity index (χ3n) is 4.86. The van der Waals surface area contributed by atoms with Gasteiger partial charge in [0.25, 0.3) is 5.91 Å². The third kappa shape index (κ3) is 5.82. The summed E-state index contributed by atoms with van der Waals surface area (Å²) in [5, 5.41) is 7.93. The Bertz CT molecular complexity index is 1430. The van der Waals surface area contributed by atoms with Gasteiger partial charge >= 0.3 is 12.2 Å². The van der Waals surface area contributed by atoms with Crippen molar-refractivity contribution in [2.24, 2.45) is 0 Å². The van der Waals surface area contributed by atoms with Gasteiger partial charge in [0.1, 0.15) is 5.15 Å². The Kier molecular flexibility index (Phi) is 6.81. The summed E-state index contributed by atoms with van der Waals surface area (Å²) in [6.45, 7) is 0. The van der Waals surface area contributed by atoms with Crippen molar-refractivity contribution in [2.75, 3.05) is 16.0 Å². The summed E-state index contributed by atoms with van der Waals surface area (Å²) in [6.07, 6.45) is -4.65. The van der Waals surface area contributed by atoms with Crippen LogP contribution in [0.3, 0.4) is 0 Å². The number of urea groups is 1. The number of hydrogen-bond donors (Lipinski definition) is 3. The smallest absolute Gasteiger partial charge is 0.322 e. The minimum Gasteiger partial charge on any atom is -0.322 e. The highest BCUT2D eigenvalue weighted by Crippen LogP contribution is 2.36. The number of benzene rings is 3. The first-order valence-electron chi connectivity index (χ1n) is 10.0. The lowest BCUT2D eigenvalue weighted by molar-refractivity contribution is -0.137. The number of carbonyl (C=O) groups is 2. The Labute approximate surface area is 207 Å². The van der Waals surface area contributed by atoms with Gasteiger partial charge in [-0.1, -0.05) is 41.4 Å². The van der Waals surface area contributed by atoms with Gasteiger partial charge in [-0.3, -0.25) is 4.79 Å². The maximum absolute atomic E-state index is 13.0. The molecule has 0 aliphatic rings. The summed E-state index contributed by atoms with van der Waals surface area (Å²) in [6, 6.07) is 17.0. The van der Waals surface area contributed by atoms with E-state index < -0.39 is 28.7 Å². The van der Waals surface area contributed by atoms with Gasteiger partial charge in [0, 0.05) is 22.4 Å². The molecule has 1 heterocycles. The lowest BCUT2D eigenvalue weighted by Gasteiger charge is -2.13. The van der Waals surface area contributed by atoms with Crippen molar-refractivity contribution in [1.29, 1.82) is 0 Å². The van der Waals surface area contributed by atoms with E-state index in [-0.39, 0.29) is 10.8 Å². The standard InChI is InChI=1S/C24H15Cl2F3N4O2/c25-19-10-9-15(11-18(19)24(27,28)29)32-23(35)31-14-7-5-13(6-8-14)30-22(34)17-12-21(26)33-20-4-2-1-3-16(17)20/h1-12H,(H,30,34)(H2,31,32,35). The van der Waals surface area contributed by atoms with E-state index in [9.17, 15) is 22.8 Å². The number of hydrogen-bond acceptors (Lipinski definition) is 3. The van der Waals surface area contributed by atoms with E-state index in [1.807, 2.05) is 0 Å². The Balaban J connectivity index is 1.42. The minimum atomic E-state index is -4.65. The molecule has 0 radical (unpaired) electrons. The molecule has 11 heteroatoms. The number of aromatic nitrogens is 1. The second kappa shape index (κ2) is 9.81. The number of para-hydroxylation sites is 1. The van der Waals surface area contributed by atoms with E-state index in [0.29, 0.717) is 27.8 Å². The number of amides is 3. The molecule has 0 unspecified atom stereocenters. The number of carbonyl (C=O) groups excluding carboxylic acids is 2. The molecule has 6 nitrogen and oxygen atoms in total. The molecule has 1 aromatic heterocycles. The fourth-order valence-electron chi connectivity index (χ4n) is 3.28. The predicted octanol–water partition coefficient (Wildman–Crippen LogP) is 7.46. The van der Waals surface area contributed by atoms with E-state index in [4.69, 9.17) is 23.2 Å². The average Bonchev–Trinajstić information content (AvgIpc) is 2.80. The molecule has 3 N–H and O–H groups in total. The molecule has 178 valence electrons. The monoisotopic (exact) mass is 518 g/mol. The maximum atomic E-state index is 13.0. The molecule has 0 aliphatic heterocycles. The van der Waals surface area contributed by atoms with E-state index in [2.05, 4.69) is 20.9 Å². The summed E-state index contributed by atoms with van der Waals surface area (Å²) in [5.74, 6) is -0.396. The molecule has 0 atom stereocenters. The van der Waals surface area contributed by atoms with Crippen LogP contribution in [-0.4, -0.2) is 16.9 Å². The second-order valence-corrected chi connectivity index (χ2v) is 8.11. The number of fused-ring (bicyclic) bond motifs is 1. The number of nitrogens with one attached hydrogen (secondary N) is 3. The zero-order valence-corrected chi connectivity index (χ0v) is 19.1. The second-order valence-electron chi connectivity index (χ2n) is 7.31. The van der Waals surface area contributed by atoms with E-state index >= 15 is 0 Å². The highest BCUT2D eigenvalue weighted by atomic mass is 35.5. The molecule has 3 amide bonds. The van der Waals surface area contributed by atoms with Crippen LogP contribution in [-0.2, 0) is 6.18 Å². The van der Waals surface area contributed by atoms with E-state index in [1.54, 1.807) is 36.4 Å². The molecule has 0 saturated heterocycles. The van der Waals surface area contributed by atoms with Crippen LogP contribution in [0.2, 0.25) is 10.2 Å². The quantitative estimate of drug-likeness (QED) is 0.245. The lowest BCUT2D eigenvalue weighted by atomic mass is 10.1. The van der Waals surface area contributed by atoms with Crippen LogP contribution in [0.4, 0.5) is 35.0 Å². The Morgan fingerprint density at radius 2 is 1.37 bits per heavy atom. The number of anilines is 3. The topological polar surface area (TPSA) is 83.1 Å². The Morgan fingerprint density at radius 1 is 0.771 bits per heavy atom. The SMILES string of the molecule is O=C(Nc1ccc(NC(=O)c2cc(Cl)nc3ccccc23)cc1)Nc1ccc(Cl)c(C(F)(F)F)c1. The zero-order valence-electron chi connectivity index (χ0n) is 17.6. The van der Waals surface area contributed by atoms with Crippen molar-refractivity contribution in [1.82, 2.24) is 4.98 Å².